The third kappa shape index (κ3) is 4.86. The van der Waals surface area contributed by atoms with E-state index in [0.717, 1.165) is 9.13 Å². The van der Waals surface area contributed by atoms with Gasteiger partial charge in [0.05, 0.1) is 10.6 Å². The number of hydrogen-bond acceptors (Lipinski definition) is 3. The summed E-state index contributed by atoms with van der Waals surface area (Å²) in [5.41, 5.74) is 2.41. The van der Waals surface area contributed by atoms with Crippen LogP contribution in [0, 0.1) is 10.5 Å². The Bertz CT molecular complexity index is 1060. The minimum absolute atomic E-state index is 0.0940. The van der Waals surface area contributed by atoms with Gasteiger partial charge in [-0.05, 0) is 89.7 Å². The fraction of sp³-hybridized carbons (Fsp3) is 0.0500. The van der Waals surface area contributed by atoms with E-state index in [2.05, 4.69) is 32.6 Å². The lowest BCUT2D eigenvalue weighted by Gasteiger charge is -2.11. The second-order valence-electron chi connectivity index (χ2n) is 5.91. The third-order valence-corrected chi connectivity index (χ3v) is 6.02. The maximum atomic E-state index is 12.5. The zero-order valence-corrected chi connectivity index (χ0v) is 17.4. The summed E-state index contributed by atoms with van der Waals surface area (Å²) in [5, 5.41) is 2.78. The van der Waals surface area contributed by atoms with Crippen LogP contribution in [0.2, 0.25) is 0 Å². The zero-order valence-electron chi connectivity index (χ0n) is 14.4. The average Bonchev–Trinajstić information content (AvgIpc) is 2.65. The van der Waals surface area contributed by atoms with Gasteiger partial charge in [0, 0.05) is 14.8 Å². The molecule has 0 fully saturated rings. The summed E-state index contributed by atoms with van der Waals surface area (Å²) in [6.07, 6.45) is 0. The van der Waals surface area contributed by atoms with Gasteiger partial charge >= 0.3 is 0 Å². The SMILES string of the molecule is Cc1ccccc1NS(=O)(=O)c1ccc(C(=O)Nc2ccc(I)cc2)cc1. The van der Waals surface area contributed by atoms with Crippen LogP contribution in [-0.4, -0.2) is 14.3 Å². The Morgan fingerprint density at radius 2 is 1.52 bits per heavy atom. The Balaban J connectivity index is 1.75. The number of nitrogens with one attached hydrogen (secondary N) is 2. The van der Waals surface area contributed by atoms with Crippen LogP contribution in [0.1, 0.15) is 15.9 Å². The van der Waals surface area contributed by atoms with Crippen LogP contribution in [0.5, 0.6) is 0 Å². The molecule has 0 aliphatic rings. The number of carbonyl (C=O) groups excluding carboxylic acids is 1. The molecule has 2 N–H and O–H groups in total. The Hall–Kier alpha value is -2.39. The second kappa shape index (κ2) is 8.10. The molecule has 0 heterocycles. The number of sulfonamides is 1. The molecule has 0 bridgehead atoms. The van der Waals surface area contributed by atoms with Crippen molar-refractivity contribution in [2.75, 3.05) is 10.0 Å². The first kappa shape index (κ1) is 19.4. The summed E-state index contributed by atoms with van der Waals surface area (Å²) in [7, 11) is -3.72. The van der Waals surface area contributed by atoms with E-state index in [9.17, 15) is 13.2 Å². The first-order valence-corrected chi connectivity index (χ1v) is 10.7. The molecule has 3 aromatic rings. The van der Waals surface area contributed by atoms with Crippen molar-refractivity contribution >= 4 is 49.9 Å². The number of amides is 1. The molecular formula is C20H17IN2O3S. The molecule has 0 unspecified atom stereocenters. The van der Waals surface area contributed by atoms with E-state index in [1.165, 1.54) is 24.3 Å². The van der Waals surface area contributed by atoms with E-state index in [1.807, 2.05) is 43.3 Å². The normalized spacial score (nSPS) is 11.0. The summed E-state index contributed by atoms with van der Waals surface area (Å²) < 4.78 is 28.7. The van der Waals surface area contributed by atoms with Gasteiger partial charge in [-0.25, -0.2) is 8.42 Å². The molecule has 0 atom stereocenters. The van der Waals surface area contributed by atoms with E-state index in [4.69, 9.17) is 0 Å². The number of benzene rings is 3. The van der Waals surface area contributed by atoms with Crippen LogP contribution in [0.15, 0.2) is 77.7 Å². The first-order valence-electron chi connectivity index (χ1n) is 8.10. The Kier molecular flexibility index (Phi) is 5.81. The molecule has 0 spiro atoms. The van der Waals surface area contributed by atoms with Crippen molar-refractivity contribution in [2.45, 2.75) is 11.8 Å². The van der Waals surface area contributed by atoms with Gasteiger partial charge < -0.3 is 5.32 Å². The first-order chi connectivity index (χ1) is 12.8. The highest BCUT2D eigenvalue weighted by atomic mass is 127. The van der Waals surface area contributed by atoms with Gasteiger partial charge in [0.25, 0.3) is 15.9 Å². The highest BCUT2D eigenvalue weighted by molar-refractivity contribution is 14.1. The number of para-hydroxylation sites is 1. The molecule has 0 aromatic heterocycles. The van der Waals surface area contributed by atoms with Gasteiger partial charge in [-0.2, -0.15) is 0 Å². The lowest BCUT2D eigenvalue weighted by atomic mass is 10.2. The molecule has 0 aliphatic heterocycles. The number of halogens is 1. The van der Waals surface area contributed by atoms with Crippen LogP contribution in [0.4, 0.5) is 11.4 Å². The lowest BCUT2D eigenvalue weighted by Crippen LogP contribution is -2.15. The van der Waals surface area contributed by atoms with Crippen LogP contribution in [0.25, 0.3) is 0 Å². The van der Waals surface area contributed by atoms with Crippen molar-refractivity contribution in [3.63, 3.8) is 0 Å². The summed E-state index contributed by atoms with van der Waals surface area (Å²) >= 11 is 2.19. The third-order valence-electron chi connectivity index (χ3n) is 3.92. The number of rotatable bonds is 5. The highest BCUT2D eigenvalue weighted by Crippen LogP contribution is 2.20. The Morgan fingerprint density at radius 1 is 0.889 bits per heavy atom. The Morgan fingerprint density at radius 3 is 2.15 bits per heavy atom. The molecule has 1 amide bonds. The van der Waals surface area contributed by atoms with E-state index >= 15 is 0 Å². The summed E-state index contributed by atoms with van der Waals surface area (Å²) in [4.78, 5) is 12.4. The molecule has 0 saturated carbocycles. The predicted molar refractivity (Wildman–Crippen MR) is 116 cm³/mol. The molecule has 27 heavy (non-hydrogen) atoms. The van der Waals surface area contributed by atoms with Gasteiger partial charge in [-0.15, -0.1) is 0 Å². The molecule has 138 valence electrons. The number of anilines is 2. The topological polar surface area (TPSA) is 75.3 Å². The van der Waals surface area contributed by atoms with E-state index in [1.54, 1.807) is 12.1 Å². The number of aryl methyl sites for hydroxylation is 1. The molecule has 0 radical (unpaired) electrons. The van der Waals surface area contributed by atoms with Gasteiger partial charge in [-0.3, -0.25) is 9.52 Å². The van der Waals surface area contributed by atoms with Crippen molar-refractivity contribution < 1.29 is 13.2 Å². The molecular weight excluding hydrogens is 475 g/mol. The van der Waals surface area contributed by atoms with Gasteiger partial charge in [0.2, 0.25) is 0 Å². The summed E-state index contributed by atoms with van der Waals surface area (Å²) in [6, 6.07) is 20.4. The molecule has 5 nitrogen and oxygen atoms in total. The zero-order chi connectivity index (χ0) is 19.4. The second-order valence-corrected chi connectivity index (χ2v) is 8.83. The minimum atomic E-state index is -3.72. The van der Waals surface area contributed by atoms with E-state index < -0.39 is 10.0 Å². The highest BCUT2D eigenvalue weighted by Gasteiger charge is 2.16. The van der Waals surface area contributed by atoms with Crippen molar-refractivity contribution in [2.24, 2.45) is 0 Å². The number of carbonyl (C=O) groups is 1. The van der Waals surface area contributed by atoms with Gasteiger partial charge in [0.15, 0.2) is 0 Å². The predicted octanol–water partition coefficient (Wildman–Crippen LogP) is 4.65. The fourth-order valence-corrected chi connectivity index (χ4v) is 3.90. The van der Waals surface area contributed by atoms with Crippen LogP contribution in [-0.2, 0) is 10.0 Å². The summed E-state index contributed by atoms with van der Waals surface area (Å²) in [6.45, 7) is 1.83. The number of hydrogen-bond donors (Lipinski definition) is 2. The smallest absolute Gasteiger partial charge is 0.261 e. The molecule has 0 saturated heterocycles. The monoisotopic (exact) mass is 492 g/mol. The van der Waals surface area contributed by atoms with Crippen LogP contribution in [0.3, 0.4) is 0 Å². The van der Waals surface area contributed by atoms with Crippen LogP contribution < -0.4 is 10.0 Å². The van der Waals surface area contributed by atoms with E-state index in [0.29, 0.717) is 16.9 Å². The maximum Gasteiger partial charge on any atom is 0.261 e. The fourth-order valence-electron chi connectivity index (χ4n) is 2.41. The molecule has 7 heteroatoms. The minimum Gasteiger partial charge on any atom is -0.322 e. The molecule has 0 aliphatic carbocycles. The van der Waals surface area contributed by atoms with Crippen LogP contribution >= 0.6 is 22.6 Å². The van der Waals surface area contributed by atoms with Gasteiger partial charge in [0.1, 0.15) is 0 Å². The summed E-state index contributed by atoms with van der Waals surface area (Å²) in [5.74, 6) is -0.299. The van der Waals surface area contributed by atoms with Crippen molar-refractivity contribution in [1.82, 2.24) is 0 Å². The maximum absolute atomic E-state index is 12.5. The van der Waals surface area contributed by atoms with E-state index in [-0.39, 0.29) is 10.8 Å². The average molecular weight is 492 g/mol. The van der Waals surface area contributed by atoms with Gasteiger partial charge in [-0.1, -0.05) is 18.2 Å². The van der Waals surface area contributed by atoms with Crippen molar-refractivity contribution in [3.8, 4) is 0 Å². The lowest BCUT2D eigenvalue weighted by molar-refractivity contribution is 0.102. The Labute approximate surface area is 172 Å². The standard InChI is InChI=1S/C20H17IN2O3S/c1-14-4-2-3-5-19(14)23-27(25,26)18-12-6-15(7-13-18)20(24)22-17-10-8-16(21)9-11-17/h2-13,23H,1H3,(H,22,24). The largest absolute Gasteiger partial charge is 0.322 e. The van der Waals surface area contributed by atoms with Crippen molar-refractivity contribution in [1.29, 1.82) is 0 Å². The molecule has 3 aromatic carbocycles. The molecule has 3 rings (SSSR count). The van der Waals surface area contributed by atoms with Crippen molar-refractivity contribution in [3.05, 3.63) is 87.5 Å². The quantitative estimate of drug-likeness (QED) is 0.510.